The molecule has 2 aliphatic heterocycles. The number of ketones is 1. The number of esters is 1. The van der Waals surface area contributed by atoms with E-state index in [9.17, 15) is 9.59 Å². The largest absolute Gasteiger partial charge is 0.497 e. The highest BCUT2D eigenvalue weighted by Crippen LogP contribution is 2.28. The summed E-state index contributed by atoms with van der Waals surface area (Å²) in [6.45, 7) is 12.1. The summed E-state index contributed by atoms with van der Waals surface area (Å²) in [6.07, 6.45) is 5.87. The highest BCUT2D eigenvalue weighted by molar-refractivity contribution is 5.96. The van der Waals surface area contributed by atoms with Gasteiger partial charge in [-0.25, -0.2) is 0 Å². The van der Waals surface area contributed by atoms with E-state index in [2.05, 4.69) is 64.4 Å². The van der Waals surface area contributed by atoms with Crippen molar-refractivity contribution in [3.8, 4) is 5.75 Å². The third kappa shape index (κ3) is 10.3. The van der Waals surface area contributed by atoms with E-state index in [1.165, 1.54) is 22.3 Å². The molecule has 0 saturated carbocycles. The monoisotopic (exact) mass is 682 g/mol. The summed E-state index contributed by atoms with van der Waals surface area (Å²) < 4.78 is 10.6. The van der Waals surface area contributed by atoms with E-state index < -0.39 is 5.41 Å². The van der Waals surface area contributed by atoms with Crippen molar-refractivity contribution >= 4 is 36.6 Å². The molecule has 47 heavy (non-hydrogen) atoms. The molecule has 0 radical (unpaired) electrons. The molecule has 0 aromatic heterocycles. The van der Waals surface area contributed by atoms with Gasteiger partial charge in [-0.2, -0.15) is 0 Å². The minimum atomic E-state index is -0.651. The lowest BCUT2D eigenvalue weighted by Crippen LogP contribution is -2.33. The zero-order valence-electron chi connectivity index (χ0n) is 28.5. The Hall–Kier alpha value is -2.90. The molecule has 6 nitrogen and oxygen atoms in total. The number of ether oxygens (including phenoxy) is 2. The maximum atomic E-state index is 13.2. The highest BCUT2D eigenvalue weighted by atomic mass is 35.5. The van der Waals surface area contributed by atoms with Crippen molar-refractivity contribution in [1.29, 1.82) is 0 Å². The van der Waals surface area contributed by atoms with Crippen LogP contribution in [0.2, 0.25) is 0 Å². The van der Waals surface area contributed by atoms with E-state index in [-0.39, 0.29) is 36.6 Å². The topological polar surface area (TPSA) is 59.1 Å². The number of carbonyl (C=O) groups is 2. The van der Waals surface area contributed by atoms with Crippen LogP contribution in [-0.2, 0) is 40.9 Å². The molecular weight excluding hydrogens is 631 g/mol. The molecule has 256 valence electrons. The summed E-state index contributed by atoms with van der Waals surface area (Å²) in [4.78, 5) is 30.6. The molecule has 0 N–H and O–H groups in total. The number of methoxy groups -OCH3 is 1. The summed E-state index contributed by atoms with van der Waals surface area (Å²) >= 11 is 0. The van der Waals surface area contributed by atoms with E-state index >= 15 is 0 Å². The molecule has 0 spiro atoms. The predicted molar refractivity (Wildman–Crippen MR) is 194 cm³/mol. The molecule has 0 unspecified atom stereocenters. The lowest BCUT2D eigenvalue weighted by Gasteiger charge is -2.32. The van der Waals surface area contributed by atoms with Crippen molar-refractivity contribution in [3.63, 3.8) is 0 Å². The van der Waals surface area contributed by atoms with Crippen LogP contribution in [0, 0.1) is 5.92 Å². The van der Waals surface area contributed by atoms with Crippen molar-refractivity contribution in [3.05, 3.63) is 100 Å². The Kier molecular flexibility index (Phi) is 14.8. The fourth-order valence-corrected chi connectivity index (χ4v) is 6.72. The number of halogens is 2. The first-order valence-corrected chi connectivity index (χ1v) is 16.7. The lowest BCUT2D eigenvalue weighted by molar-refractivity contribution is -0.148. The number of Topliss-reactive ketones (excluding diaryl/α,β-unsaturated/α-hetero) is 1. The second kappa shape index (κ2) is 18.0. The number of fused-ring (bicyclic) bond motifs is 1. The van der Waals surface area contributed by atoms with Gasteiger partial charge in [-0.1, -0.05) is 48.5 Å². The average molecular weight is 684 g/mol. The molecule has 0 bridgehead atoms. The van der Waals surface area contributed by atoms with Crippen LogP contribution in [0.25, 0.3) is 0 Å². The molecule has 2 heterocycles. The van der Waals surface area contributed by atoms with E-state index in [1.807, 2.05) is 32.9 Å². The first-order valence-electron chi connectivity index (χ1n) is 16.7. The van der Waals surface area contributed by atoms with Crippen LogP contribution in [-0.4, -0.2) is 61.4 Å². The number of hydrogen-bond acceptors (Lipinski definition) is 6. The summed E-state index contributed by atoms with van der Waals surface area (Å²) in [7, 11) is 1.70. The molecule has 1 saturated heterocycles. The van der Waals surface area contributed by atoms with Gasteiger partial charge >= 0.3 is 5.97 Å². The molecule has 1 fully saturated rings. The molecule has 0 amide bonds. The Bertz CT molecular complexity index is 1430. The van der Waals surface area contributed by atoms with Gasteiger partial charge in [0.15, 0.2) is 5.78 Å². The van der Waals surface area contributed by atoms with Gasteiger partial charge in [-0.05, 0) is 118 Å². The van der Waals surface area contributed by atoms with Gasteiger partial charge in [0.05, 0.1) is 19.1 Å². The van der Waals surface area contributed by atoms with E-state index in [0.717, 1.165) is 88.2 Å². The van der Waals surface area contributed by atoms with Crippen molar-refractivity contribution in [1.82, 2.24) is 9.80 Å². The Balaban J connectivity index is 0.00000300. The van der Waals surface area contributed by atoms with Gasteiger partial charge in [0.1, 0.15) is 5.75 Å². The van der Waals surface area contributed by atoms with E-state index in [1.54, 1.807) is 7.11 Å². The van der Waals surface area contributed by atoms with Crippen LogP contribution in [0.3, 0.4) is 0 Å². The molecule has 8 heteroatoms. The fraction of sp³-hybridized carbons (Fsp3) is 0.487. The molecule has 5 rings (SSSR count). The first kappa shape index (κ1) is 38.5. The van der Waals surface area contributed by atoms with Crippen LogP contribution >= 0.6 is 24.8 Å². The zero-order chi connectivity index (χ0) is 31.8. The number of hydrogen-bond donors (Lipinski definition) is 0. The van der Waals surface area contributed by atoms with Gasteiger partial charge < -0.3 is 9.47 Å². The summed E-state index contributed by atoms with van der Waals surface area (Å²) in [5.41, 5.74) is 6.49. The first-order chi connectivity index (χ1) is 21.7. The number of likely N-dealkylation sites (tertiary alicyclic amines) is 1. The Morgan fingerprint density at radius 3 is 1.96 bits per heavy atom. The van der Waals surface area contributed by atoms with Crippen molar-refractivity contribution < 1.29 is 19.1 Å². The van der Waals surface area contributed by atoms with Gasteiger partial charge in [-0.3, -0.25) is 19.4 Å². The van der Waals surface area contributed by atoms with Crippen molar-refractivity contribution in [2.75, 3.05) is 39.9 Å². The quantitative estimate of drug-likeness (QED) is 0.143. The number of benzene rings is 3. The van der Waals surface area contributed by atoms with Crippen LogP contribution in [0.4, 0.5) is 0 Å². The minimum absolute atomic E-state index is 0. The van der Waals surface area contributed by atoms with Crippen LogP contribution in [0.15, 0.2) is 66.7 Å². The van der Waals surface area contributed by atoms with Gasteiger partial charge in [0.25, 0.3) is 0 Å². The lowest BCUT2D eigenvalue weighted by atomic mass is 9.84. The zero-order valence-corrected chi connectivity index (χ0v) is 30.1. The van der Waals surface area contributed by atoms with Gasteiger partial charge in [0.2, 0.25) is 0 Å². The van der Waals surface area contributed by atoms with E-state index in [4.69, 9.17) is 9.47 Å². The van der Waals surface area contributed by atoms with Gasteiger partial charge in [-0.15, -0.1) is 24.8 Å². The minimum Gasteiger partial charge on any atom is -0.497 e. The predicted octanol–water partition coefficient (Wildman–Crippen LogP) is 7.86. The molecule has 2 aliphatic rings. The normalized spacial score (nSPS) is 15.8. The van der Waals surface area contributed by atoms with Crippen molar-refractivity contribution in [2.24, 2.45) is 5.92 Å². The number of carbonyl (C=O) groups excluding carboxylic acids is 2. The fourth-order valence-electron chi connectivity index (χ4n) is 6.72. The number of piperidine rings is 1. The second-order valence-corrected chi connectivity index (χ2v) is 13.3. The van der Waals surface area contributed by atoms with Gasteiger partial charge in [0, 0.05) is 38.2 Å². The Morgan fingerprint density at radius 2 is 1.36 bits per heavy atom. The standard InChI is InChI=1S/C39H50N2O4.2ClH/c1-5-45-38(43)39(2,3)35-13-6-30(7-14-35)27-40-22-18-29(19-23-40)10-17-37(42)34-12-11-32-20-24-41(25-21-33(32)26-34)28-31-8-15-36(44-4)16-9-31;;/h6-9,11-16,26,29H,5,10,17-25,27-28H2,1-4H3;2*1H. The van der Waals surface area contributed by atoms with Crippen LogP contribution in [0.1, 0.15) is 84.6 Å². The molecule has 0 aliphatic carbocycles. The smallest absolute Gasteiger partial charge is 0.315 e. The number of nitrogens with zero attached hydrogens (tertiary/aromatic N) is 2. The highest BCUT2D eigenvalue weighted by Gasteiger charge is 2.31. The molecular formula is C39H52Cl2N2O4. The van der Waals surface area contributed by atoms with Crippen LogP contribution < -0.4 is 4.74 Å². The molecule has 3 aromatic carbocycles. The van der Waals surface area contributed by atoms with Crippen molar-refractivity contribution in [2.45, 2.75) is 77.8 Å². The maximum absolute atomic E-state index is 13.2. The summed E-state index contributed by atoms with van der Waals surface area (Å²) in [6, 6.07) is 23.2. The number of rotatable bonds is 12. The van der Waals surface area contributed by atoms with Crippen LogP contribution in [0.5, 0.6) is 5.75 Å². The molecule has 3 aromatic rings. The SMILES string of the molecule is CCOC(=O)C(C)(C)c1ccc(CN2CCC(CCC(=O)c3ccc4c(c3)CCN(Cc3ccc(OC)cc3)CC4)CC2)cc1.Cl.Cl. The third-order valence-electron chi connectivity index (χ3n) is 9.84. The maximum Gasteiger partial charge on any atom is 0.315 e. The summed E-state index contributed by atoms with van der Waals surface area (Å²) in [5.74, 6) is 1.59. The summed E-state index contributed by atoms with van der Waals surface area (Å²) in [5, 5.41) is 0. The molecule has 0 atom stereocenters. The second-order valence-electron chi connectivity index (χ2n) is 13.3. The Labute approximate surface area is 294 Å². The third-order valence-corrected chi connectivity index (χ3v) is 9.84. The Morgan fingerprint density at radius 1 is 0.787 bits per heavy atom. The average Bonchev–Trinajstić information content (AvgIpc) is 3.26. The van der Waals surface area contributed by atoms with E-state index in [0.29, 0.717) is 18.9 Å².